The number of hydrazine groups is 1. The summed E-state index contributed by atoms with van der Waals surface area (Å²) in [5.41, 5.74) is 1.83. The van der Waals surface area contributed by atoms with Gasteiger partial charge in [-0.25, -0.2) is 10.8 Å². The van der Waals surface area contributed by atoms with E-state index in [9.17, 15) is 4.79 Å². The average molecular weight is 220 g/mol. The molecule has 3 N–H and O–H groups in total. The number of carbonyl (C=O) groups is 1. The van der Waals surface area contributed by atoms with Gasteiger partial charge in [0.1, 0.15) is 6.33 Å². The van der Waals surface area contributed by atoms with Crippen molar-refractivity contribution in [1.29, 1.82) is 0 Å². The van der Waals surface area contributed by atoms with Crippen LogP contribution in [0.25, 0.3) is 0 Å². The fourth-order valence-corrected chi connectivity index (χ4v) is 2.00. The summed E-state index contributed by atoms with van der Waals surface area (Å²) in [6.07, 6.45) is 1.77. The van der Waals surface area contributed by atoms with Crippen LogP contribution in [-0.4, -0.2) is 21.1 Å². The summed E-state index contributed by atoms with van der Waals surface area (Å²) in [6, 6.07) is 0. The minimum atomic E-state index is -0.389. The normalized spacial score (nSPS) is 9.92. The van der Waals surface area contributed by atoms with E-state index in [0.717, 1.165) is 4.34 Å². The summed E-state index contributed by atoms with van der Waals surface area (Å²) >= 11 is 2.75. The van der Waals surface area contributed by atoms with Gasteiger partial charge in [-0.2, -0.15) is 4.37 Å². The van der Waals surface area contributed by atoms with Crippen molar-refractivity contribution in [3.05, 3.63) is 6.33 Å². The zero-order chi connectivity index (χ0) is 9.52. The zero-order valence-electron chi connectivity index (χ0n) is 6.60. The van der Waals surface area contributed by atoms with E-state index in [0.29, 0.717) is 5.75 Å². The van der Waals surface area contributed by atoms with Crippen LogP contribution in [0.1, 0.15) is 6.42 Å². The third-order valence-electron chi connectivity index (χ3n) is 1.05. The SMILES string of the molecule is NNOC(=O)CCSc1ncns1. The molecule has 0 amide bonds. The topological polar surface area (TPSA) is 90.1 Å². The minimum Gasteiger partial charge on any atom is -0.356 e. The number of nitrogens with one attached hydrogen (secondary N) is 1. The second kappa shape index (κ2) is 5.86. The predicted molar refractivity (Wildman–Crippen MR) is 48.7 cm³/mol. The average Bonchev–Trinajstić information content (AvgIpc) is 2.57. The Balaban J connectivity index is 2.11. The monoisotopic (exact) mass is 220 g/mol. The highest BCUT2D eigenvalue weighted by Gasteiger charge is 2.03. The summed E-state index contributed by atoms with van der Waals surface area (Å²) in [6.45, 7) is 0. The van der Waals surface area contributed by atoms with Gasteiger partial charge >= 0.3 is 5.97 Å². The lowest BCUT2D eigenvalue weighted by molar-refractivity contribution is -0.150. The van der Waals surface area contributed by atoms with E-state index in [1.54, 1.807) is 0 Å². The third-order valence-corrected chi connectivity index (χ3v) is 2.84. The second-order valence-corrected chi connectivity index (χ2v) is 4.02. The molecule has 0 atom stereocenters. The molecule has 1 heterocycles. The van der Waals surface area contributed by atoms with Gasteiger partial charge < -0.3 is 4.84 Å². The molecule has 1 rings (SSSR count). The van der Waals surface area contributed by atoms with Crippen LogP contribution >= 0.6 is 23.3 Å². The van der Waals surface area contributed by atoms with E-state index in [1.807, 2.05) is 5.59 Å². The lowest BCUT2D eigenvalue weighted by Gasteiger charge is -1.98. The zero-order valence-corrected chi connectivity index (χ0v) is 8.23. The molecule has 0 radical (unpaired) electrons. The van der Waals surface area contributed by atoms with Crippen LogP contribution < -0.4 is 11.4 Å². The van der Waals surface area contributed by atoms with E-state index in [-0.39, 0.29) is 12.4 Å². The maximum Gasteiger partial charge on any atom is 0.327 e. The first-order valence-corrected chi connectivity index (χ1v) is 5.13. The van der Waals surface area contributed by atoms with Crippen molar-refractivity contribution in [2.45, 2.75) is 10.8 Å². The Morgan fingerprint density at radius 2 is 2.69 bits per heavy atom. The molecule has 0 aliphatic heterocycles. The van der Waals surface area contributed by atoms with Crippen molar-refractivity contribution >= 4 is 29.3 Å². The molecule has 0 aromatic carbocycles. The summed E-state index contributed by atoms with van der Waals surface area (Å²) in [5, 5.41) is 0. The van der Waals surface area contributed by atoms with Crippen molar-refractivity contribution in [3.8, 4) is 0 Å². The standard InChI is InChI=1S/C5H8N4O2S2/c6-9-11-4(10)1-2-12-5-7-3-8-13-5/h3,9H,1-2,6H2. The van der Waals surface area contributed by atoms with E-state index >= 15 is 0 Å². The number of aromatic nitrogens is 2. The number of carbonyl (C=O) groups excluding carboxylic acids is 1. The van der Waals surface area contributed by atoms with E-state index < -0.39 is 0 Å². The van der Waals surface area contributed by atoms with Crippen molar-refractivity contribution in [2.24, 2.45) is 5.84 Å². The van der Waals surface area contributed by atoms with Gasteiger partial charge in [-0.1, -0.05) is 17.4 Å². The number of rotatable bonds is 5. The molecular weight excluding hydrogens is 212 g/mol. The molecule has 0 bridgehead atoms. The first-order valence-electron chi connectivity index (χ1n) is 3.37. The fourth-order valence-electron chi connectivity index (χ4n) is 0.565. The summed E-state index contributed by atoms with van der Waals surface area (Å²) in [5.74, 6) is 4.99. The van der Waals surface area contributed by atoms with Gasteiger partial charge in [-0.3, -0.25) is 4.79 Å². The highest BCUT2D eigenvalue weighted by atomic mass is 32.2. The Morgan fingerprint density at radius 3 is 3.31 bits per heavy atom. The molecule has 0 aliphatic rings. The Labute approximate surface area is 83.0 Å². The smallest absolute Gasteiger partial charge is 0.327 e. The van der Waals surface area contributed by atoms with Gasteiger partial charge in [0.25, 0.3) is 0 Å². The van der Waals surface area contributed by atoms with Crippen LogP contribution in [0.2, 0.25) is 0 Å². The van der Waals surface area contributed by atoms with Gasteiger partial charge in [0.15, 0.2) is 4.34 Å². The van der Waals surface area contributed by atoms with Crippen LogP contribution in [-0.2, 0) is 9.63 Å². The quantitative estimate of drug-likeness (QED) is 0.408. The maximum atomic E-state index is 10.8. The molecule has 72 valence electrons. The molecule has 0 aliphatic carbocycles. The second-order valence-electron chi connectivity index (χ2n) is 1.90. The van der Waals surface area contributed by atoms with Crippen molar-refractivity contribution in [3.63, 3.8) is 0 Å². The van der Waals surface area contributed by atoms with Gasteiger partial charge in [-0.05, 0) is 11.5 Å². The van der Waals surface area contributed by atoms with Crippen molar-refractivity contribution < 1.29 is 9.63 Å². The predicted octanol–water partition coefficient (Wildman–Crippen LogP) is -0.0582. The van der Waals surface area contributed by atoms with Crippen LogP contribution in [0.4, 0.5) is 0 Å². The highest BCUT2D eigenvalue weighted by Crippen LogP contribution is 2.18. The van der Waals surface area contributed by atoms with Gasteiger partial charge in [0, 0.05) is 5.75 Å². The molecule has 1 aromatic heterocycles. The molecule has 0 fully saturated rings. The minimum absolute atomic E-state index is 0.286. The Kier molecular flexibility index (Phi) is 4.68. The largest absolute Gasteiger partial charge is 0.356 e. The van der Waals surface area contributed by atoms with E-state index in [4.69, 9.17) is 5.84 Å². The van der Waals surface area contributed by atoms with Crippen molar-refractivity contribution in [2.75, 3.05) is 5.75 Å². The molecule has 8 heteroatoms. The first kappa shape index (κ1) is 10.4. The summed E-state index contributed by atoms with van der Waals surface area (Å²) < 4.78 is 4.66. The molecule has 6 nitrogen and oxygen atoms in total. The molecule has 0 unspecified atom stereocenters. The van der Waals surface area contributed by atoms with Crippen LogP contribution in [0, 0.1) is 0 Å². The van der Waals surface area contributed by atoms with Crippen LogP contribution in [0.15, 0.2) is 10.7 Å². The van der Waals surface area contributed by atoms with E-state index in [1.165, 1.54) is 29.6 Å². The molecular formula is C5H8N4O2S2. The number of nitrogens with zero attached hydrogens (tertiary/aromatic N) is 2. The molecule has 13 heavy (non-hydrogen) atoms. The Hall–Kier alpha value is -0.700. The Morgan fingerprint density at radius 1 is 1.85 bits per heavy atom. The first-order chi connectivity index (χ1) is 6.33. The summed E-state index contributed by atoms with van der Waals surface area (Å²) in [4.78, 5) is 19.0. The van der Waals surface area contributed by atoms with Crippen LogP contribution in [0.5, 0.6) is 0 Å². The maximum absolute atomic E-state index is 10.8. The summed E-state index contributed by atoms with van der Waals surface area (Å²) in [7, 11) is 0. The number of hydrogen-bond acceptors (Lipinski definition) is 8. The molecule has 0 saturated heterocycles. The number of hydrogen-bond donors (Lipinski definition) is 2. The number of thioether (sulfide) groups is 1. The van der Waals surface area contributed by atoms with Crippen molar-refractivity contribution in [1.82, 2.24) is 14.9 Å². The van der Waals surface area contributed by atoms with Gasteiger partial charge in [0.05, 0.1) is 6.42 Å². The number of nitrogens with two attached hydrogens (primary N) is 1. The fraction of sp³-hybridized carbons (Fsp3) is 0.400. The van der Waals surface area contributed by atoms with E-state index in [2.05, 4.69) is 14.2 Å². The molecule has 0 saturated carbocycles. The van der Waals surface area contributed by atoms with Gasteiger partial charge in [-0.15, -0.1) is 0 Å². The lowest BCUT2D eigenvalue weighted by Crippen LogP contribution is -2.26. The molecule has 0 spiro atoms. The lowest BCUT2D eigenvalue weighted by atomic mass is 10.5. The third kappa shape index (κ3) is 4.18. The van der Waals surface area contributed by atoms with Crippen LogP contribution in [0.3, 0.4) is 0 Å². The highest BCUT2D eigenvalue weighted by molar-refractivity contribution is 8.00. The van der Waals surface area contributed by atoms with Gasteiger partial charge in [0.2, 0.25) is 0 Å². The molecule has 1 aromatic rings. The Bertz CT molecular complexity index is 253.